The van der Waals surface area contributed by atoms with Crippen LogP contribution in [0.15, 0.2) is 12.4 Å². The molecule has 5 nitrogen and oxygen atoms in total. The molecule has 0 saturated carbocycles. The second-order valence-electron chi connectivity index (χ2n) is 4.52. The molecule has 0 spiro atoms. The lowest BCUT2D eigenvalue weighted by atomic mass is 9.99. The lowest BCUT2D eigenvalue weighted by Gasteiger charge is -2.22. The topological polar surface area (TPSA) is 64.1 Å². The molecule has 1 aromatic heterocycles. The summed E-state index contributed by atoms with van der Waals surface area (Å²) in [5, 5.41) is 3.44. The Morgan fingerprint density at radius 3 is 3.00 bits per heavy atom. The third-order valence-corrected chi connectivity index (χ3v) is 3.25. The van der Waals surface area contributed by atoms with E-state index in [9.17, 15) is 4.79 Å². The van der Waals surface area contributed by atoms with Gasteiger partial charge in [0.05, 0.1) is 7.11 Å². The van der Waals surface area contributed by atoms with Crippen molar-refractivity contribution in [2.75, 3.05) is 13.7 Å². The van der Waals surface area contributed by atoms with Gasteiger partial charge in [-0.2, -0.15) is 0 Å². The van der Waals surface area contributed by atoms with E-state index in [2.05, 4.69) is 15.3 Å². The van der Waals surface area contributed by atoms with Crippen molar-refractivity contribution < 1.29 is 9.53 Å². The predicted octanol–water partition coefficient (Wildman–Crippen LogP) is 1.59. The number of nitrogens with one attached hydrogen (secondary N) is 1. The highest BCUT2D eigenvalue weighted by atomic mass is 16.5. The number of Topliss-reactive ketones (excluding diaryl/α,β-unsaturated/α-hetero) is 1. The summed E-state index contributed by atoms with van der Waals surface area (Å²) in [6, 6.07) is 0.463. The SMILES string of the molecule is COc1nccnc1C(=O)CCC1CCCCN1. The van der Waals surface area contributed by atoms with E-state index in [0.29, 0.717) is 24.0 Å². The molecular weight excluding hydrogens is 230 g/mol. The van der Waals surface area contributed by atoms with Crippen LogP contribution in [-0.4, -0.2) is 35.4 Å². The van der Waals surface area contributed by atoms with Gasteiger partial charge >= 0.3 is 0 Å². The number of ether oxygens (including phenoxy) is 1. The van der Waals surface area contributed by atoms with Crippen molar-refractivity contribution in [3.63, 3.8) is 0 Å². The highest BCUT2D eigenvalue weighted by Crippen LogP contribution is 2.17. The molecule has 98 valence electrons. The quantitative estimate of drug-likeness (QED) is 0.803. The van der Waals surface area contributed by atoms with Crippen molar-refractivity contribution in [3.05, 3.63) is 18.1 Å². The number of hydrogen-bond acceptors (Lipinski definition) is 5. The number of methoxy groups -OCH3 is 1. The molecule has 0 aliphatic carbocycles. The zero-order valence-corrected chi connectivity index (χ0v) is 10.7. The van der Waals surface area contributed by atoms with Crippen LogP contribution >= 0.6 is 0 Å². The van der Waals surface area contributed by atoms with Gasteiger partial charge in [-0.05, 0) is 25.8 Å². The molecule has 1 saturated heterocycles. The van der Waals surface area contributed by atoms with Crippen LogP contribution in [-0.2, 0) is 0 Å². The van der Waals surface area contributed by atoms with Gasteiger partial charge in [0.15, 0.2) is 11.5 Å². The van der Waals surface area contributed by atoms with Gasteiger partial charge in [-0.3, -0.25) is 4.79 Å². The zero-order valence-electron chi connectivity index (χ0n) is 10.7. The lowest BCUT2D eigenvalue weighted by Crippen LogP contribution is -2.34. The van der Waals surface area contributed by atoms with E-state index in [1.54, 1.807) is 0 Å². The monoisotopic (exact) mass is 249 g/mol. The van der Waals surface area contributed by atoms with Crippen LogP contribution in [0, 0.1) is 0 Å². The van der Waals surface area contributed by atoms with Crippen molar-refractivity contribution in [3.8, 4) is 5.88 Å². The average Bonchev–Trinajstić information content (AvgIpc) is 2.45. The molecule has 1 fully saturated rings. The highest BCUT2D eigenvalue weighted by molar-refractivity contribution is 5.96. The minimum absolute atomic E-state index is 0.00678. The summed E-state index contributed by atoms with van der Waals surface area (Å²) in [6.07, 6.45) is 8.05. The van der Waals surface area contributed by atoms with Crippen molar-refractivity contribution in [1.29, 1.82) is 0 Å². The van der Waals surface area contributed by atoms with Gasteiger partial charge in [0, 0.05) is 24.9 Å². The van der Waals surface area contributed by atoms with Gasteiger partial charge in [0.2, 0.25) is 5.88 Å². The molecule has 1 unspecified atom stereocenters. The summed E-state index contributed by atoms with van der Waals surface area (Å²) in [6.45, 7) is 1.06. The van der Waals surface area contributed by atoms with Crippen LogP contribution in [0.2, 0.25) is 0 Å². The van der Waals surface area contributed by atoms with E-state index < -0.39 is 0 Å². The van der Waals surface area contributed by atoms with Crippen molar-refractivity contribution in [1.82, 2.24) is 15.3 Å². The van der Waals surface area contributed by atoms with Gasteiger partial charge in [0.1, 0.15) is 0 Å². The second-order valence-corrected chi connectivity index (χ2v) is 4.52. The van der Waals surface area contributed by atoms with E-state index in [-0.39, 0.29) is 5.78 Å². The minimum Gasteiger partial charge on any atom is -0.479 e. The minimum atomic E-state index is 0.00678. The fourth-order valence-electron chi connectivity index (χ4n) is 2.26. The maximum atomic E-state index is 12.1. The zero-order chi connectivity index (χ0) is 12.8. The van der Waals surface area contributed by atoms with Gasteiger partial charge < -0.3 is 10.1 Å². The third-order valence-electron chi connectivity index (χ3n) is 3.25. The fraction of sp³-hybridized carbons (Fsp3) is 0.615. The van der Waals surface area contributed by atoms with Gasteiger partial charge in [0.25, 0.3) is 0 Å². The number of hydrogen-bond donors (Lipinski definition) is 1. The van der Waals surface area contributed by atoms with E-state index in [1.807, 2.05) is 0 Å². The molecule has 2 rings (SSSR count). The molecule has 1 aromatic rings. The first-order valence-corrected chi connectivity index (χ1v) is 6.43. The molecule has 2 heterocycles. The number of piperidine rings is 1. The summed E-state index contributed by atoms with van der Waals surface area (Å²) in [4.78, 5) is 20.1. The van der Waals surface area contributed by atoms with Crippen LogP contribution in [0.5, 0.6) is 5.88 Å². The molecular formula is C13H19N3O2. The number of carbonyl (C=O) groups excluding carboxylic acids is 1. The van der Waals surface area contributed by atoms with Crippen LogP contribution in [0.4, 0.5) is 0 Å². The Kier molecular flexibility index (Phi) is 4.64. The first-order chi connectivity index (χ1) is 8.81. The van der Waals surface area contributed by atoms with Crippen LogP contribution in [0.1, 0.15) is 42.6 Å². The molecule has 5 heteroatoms. The number of aromatic nitrogens is 2. The number of carbonyl (C=O) groups is 1. The Morgan fingerprint density at radius 2 is 2.28 bits per heavy atom. The first kappa shape index (κ1) is 13.0. The van der Waals surface area contributed by atoms with Crippen LogP contribution in [0.25, 0.3) is 0 Å². The largest absolute Gasteiger partial charge is 0.479 e. The molecule has 18 heavy (non-hydrogen) atoms. The standard InChI is InChI=1S/C13H19N3O2/c1-18-13-12(15-8-9-16-13)11(17)6-5-10-4-2-3-7-14-10/h8-10,14H,2-7H2,1H3. The highest BCUT2D eigenvalue weighted by Gasteiger charge is 2.18. The maximum Gasteiger partial charge on any atom is 0.243 e. The molecule has 1 aliphatic rings. The maximum absolute atomic E-state index is 12.1. The third kappa shape index (κ3) is 3.26. The van der Waals surface area contributed by atoms with Crippen molar-refractivity contribution >= 4 is 5.78 Å². The smallest absolute Gasteiger partial charge is 0.243 e. The van der Waals surface area contributed by atoms with Crippen molar-refractivity contribution in [2.24, 2.45) is 0 Å². The Morgan fingerprint density at radius 1 is 1.44 bits per heavy atom. The summed E-state index contributed by atoms with van der Waals surface area (Å²) in [5.41, 5.74) is 0.343. The predicted molar refractivity (Wildman–Crippen MR) is 67.8 cm³/mol. The van der Waals surface area contributed by atoms with E-state index >= 15 is 0 Å². The Labute approximate surface area is 107 Å². The normalized spacial score (nSPS) is 19.5. The van der Waals surface area contributed by atoms with Gasteiger partial charge in [-0.25, -0.2) is 9.97 Å². The average molecular weight is 249 g/mol. The summed E-state index contributed by atoms with van der Waals surface area (Å²) < 4.78 is 5.05. The molecule has 0 aromatic carbocycles. The van der Waals surface area contributed by atoms with Crippen LogP contribution < -0.4 is 10.1 Å². The number of rotatable bonds is 5. The summed E-state index contributed by atoms with van der Waals surface area (Å²) in [7, 11) is 1.50. The molecule has 0 bridgehead atoms. The van der Waals surface area contributed by atoms with E-state index in [0.717, 1.165) is 19.4 Å². The summed E-state index contributed by atoms with van der Waals surface area (Å²) in [5.74, 6) is 0.325. The van der Waals surface area contributed by atoms with E-state index in [4.69, 9.17) is 4.74 Å². The first-order valence-electron chi connectivity index (χ1n) is 6.43. The second kappa shape index (κ2) is 6.44. The molecule has 0 radical (unpaired) electrons. The van der Waals surface area contributed by atoms with Gasteiger partial charge in [-0.15, -0.1) is 0 Å². The molecule has 1 aliphatic heterocycles. The van der Waals surface area contributed by atoms with Gasteiger partial charge in [-0.1, -0.05) is 6.42 Å². The Balaban J connectivity index is 1.90. The van der Waals surface area contributed by atoms with Crippen LogP contribution in [0.3, 0.4) is 0 Å². The molecule has 1 N–H and O–H groups in total. The molecule has 0 amide bonds. The van der Waals surface area contributed by atoms with E-state index in [1.165, 1.54) is 32.3 Å². The lowest BCUT2D eigenvalue weighted by molar-refractivity contribution is 0.0965. The Hall–Kier alpha value is -1.49. The Bertz CT molecular complexity index is 403. The number of ketones is 1. The molecule has 1 atom stereocenters. The fourth-order valence-corrected chi connectivity index (χ4v) is 2.26. The summed E-state index contributed by atoms with van der Waals surface area (Å²) >= 11 is 0. The number of nitrogens with zero attached hydrogens (tertiary/aromatic N) is 2. The van der Waals surface area contributed by atoms with Crippen molar-refractivity contribution in [2.45, 2.75) is 38.1 Å².